The number of aromatic nitrogens is 3. The number of hydrogen-bond donors (Lipinski definition) is 0. The van der Waals surface area contributed by atoms with Crippen molar-refractivity contribution < 1.29 is 45.9 Å². The third kappa shape index (κ3) is 12.5. The fraction of sp³-hybridized carbons (Fsp3) is 0.286. The molecule has 3 aromatic heterocycles. The largest absolute Gasteiger partial charge is 2.00 e. The zero-order chi connectivity index (χ0) is 22.0. The summed E-state index contributed by atoms with van der Waals surface area (Å²) in [4.78, 5) is 16.1. The molecule has 0 atom stereocenters. The van der Waals surface area contributed by atoms with Gasteiger partial charge in [-0.3, -0.25) is 19.9 Å². The van der Waals surface area contributed by atoms with E-state index in [9.17, 15) is 0 Å². The molecule has 0 bridgehead atoms. The topological polar surface area (TPSA) is 134 Å². The maximum atomic E-state index is 8.49. The summed E-state index contributed by atoms with van der Waals surface area (Å²) in [5.74, 6) is 0. The summed E-state index contributed by atoms with van der Waals surface area (Å²) in [7, 11) is -4.94. The molecule has 0 aromatic carbocycles. The number of halogens is 1. The van der Waals surface area contributed by atoms with Crippen molar-refractivity contribution in [3.63, 3.8) is 0 Å². The van der Waals surface area contributed by atoms with Crippen LogP contribution >= 0.6 is 0 Å². The zero-order valence-electron chi connectivity index (χ0n) is 17.2. The fourth-order valence-corrected chi connectivity index (χ4v) is 2.87. The van der Waals surface area contributed by atoms with Crippen molar-refractivity contribution >= 4 is 0 Å². The molecule has 0 unspecified atom stereocenters. The van der Waals surface area contributed by atoms with Gasteiger partial charge in [-0.1, -0.05) is 18.2 Å². The third-order valence-electron chi connectivity index (χ3n) is 4.07. The smallest absolute Gasteiger partial charge is 0.291 e. The molecule has 3 heterocycles. The Labute approximate surface area is 194 Å². The van der Waals surface area contributed by atoms with E-state index in [1.54, 1.807) is 0 Å². The monoisotopic (exact) mass is 494 g/mol. The molecule has 3 aromatic rings. The van der Waals surface area contributed by atoms with E-state index in [-0.39, 0.29) is 17.1 Å². The van der Waals surface area contributed by atoms with Crippen LogP contribution in [0.5, 0.6) is 0 Å². The minimum absolute atomic E-state index is 0. The maximum absolute atomic E-state index is 8.49. The molecule has 8 nitrogen and oxygen atoms in total. The molecular formula is C21H24ClCuN4O4+. The van der Waals surface area contributed by atoms with E-state index in [2.05, 4.69) is 50.2 Å². The van der Waals surface area contributed by atoms with Crippen LogP contribution in [0.1, 0.15) is 28.5 Å². The van der Waals surface area contributed by atoms with Gasteiger partial charge in [0.1, 0.15) is 0 Å². The maximum Gasteiger partial charge on any atom is 2.00 e. The van der Waals surface area contributed by atoms with E-state index in [1.807, 2.05) is 44.3 Å². The Morgan fingerprint density at radius 3 is 1.65 bits per heavy atom. The van der Waals surface area contributed by atoms with Gasteiger partial charge in [-0.05, 0) is 50.2 Å². The molecule has 169 valence electrons. The Morgan fingerprint density at radius 2 is 1.23 bits per heavy atom. The Morgan fingerprint density at radius 1 is 0.742 bits per heavy atom. The first-order valence-electron chi connectivity index (χ1n) is 9.28. The van der Waals surface area contributed by atoms with E-state index < -0.39 is 10.2 Å². The average molecular weight is 495 g/mol. The van der Waals surface area contributed by atoms with Crippen molar-refractivity contribution in [3.8, 4) is 0 Å². The van der Waals surface area contributed by atoms with Crippen LogP contribution in [-0.2, 0) is 36.6 Å². The molecule has 0 aliphatic heterocycles. The quantitative estimate of drug-likeness (QED) is 0.380. The van der Waals surface area contributed by atoms with Crippen LogP contribution in [0.2, 0.25) is 0 Å². The fourth-order valence-electron chi connectivity index (χ4n) is 2.87. The normalized spacial score (nSPS) is 10.8. The van der Waals surface area contributed by atoms with E-state index in [4.69, 9.17) is 18.6 Å². The van der Waals surface area contributed by atoms with Gasteiger partial charge in [-0.15, -0.1) is 10.2 Å². The van der Waals surface area contributed by atoms with Crippen molar-refractivity contribution in [2.45, 2.75) is 33.4 Å². The molecule has 3 rings (SSSR count). The third-order valence-corrected chi connectivity index (χ3v) is 4.07. The van der Waals surface area contributed by atoms with Crippen LogP contribution in [-0.4, -0.2) is 26.4 Å². The van der Waals surface area contributed by atoms with Gasteiger partial charge in [0.15, 0.2) is 0 Å². The summed E-state index contributed by atoms with van der Waals surface area (Å²) in [6, 6.07) is 18.4. The number of nitrogens with zero attached hydrogens (tertiary/aromatic N) is 4. The summed E-state index contributed by atoms with van der Waals surface area (Å²) in [5.41, 5.74) is 5.40. The molecule has 0 saturated heterocycles. The molecule has 0 spiro atoms. The Balaban J connectivity index is 0.000000721. The Kier molecular flexibility index (Phi) is 11.8. The first-order valence-corrected chi connectivity index (χ1v) is 10.5. The van der Waals surface area contributed by atoms with E-state index in [1.165, 1.54) is 0 Å². The first kappa shape index (κ1) is 27.1. The Hall–Kier alpha value is -1.94. The second kappa shape index (κ2) is 13.5. The SMILES string of the molecule is Cc1cccc(CN(CCc2ccccn2)Cc2cccc(C)n2)n1.[Cu+2].[O-][Cl+3]([O-])([O-])[O-]. The minimum Gasteiger partial charge on any atom is -0.291 e. The molecule has 0 amide bonds. The van der Waals surface area contributed by atoms with E-state index >= 15 is 0 Å². The van der Waals surface area contributed by atoms with Crippen LogP contribution < -0.4 is 18.6 Å². The van der Waals surface area contributed by atoms with Crippen molar-refractivity contribution in [2.75, 3.05) is 6.54 Å². The second-order valence-corrected chi connectivity index (χ2v) is 7.46. The van der Waals surface area contributed by atoms with Gasteiger partial charge in [-0.25, -0.2) is 18.6 Å². The summed E-state index contributed by atoms with van der Waals surface area (Å²) in [6.45, 7) is 6.60. The molecule has 0 saturated carbocycles. The van der Waals surface area contributed by atoms with Crippen LogP contribution in [0.15, 0.2) is 60.8 Å². The molecule has 10 heteroatoms. The summed E-state index contributed by atoms with van der Waals surface area (Å²) in [5, 5.41) is 0. The molecular weight excluding hydrogens is 471 g/mol. The van der Waals surface area contributed by atoms with Crippen molar-refractivity contribution in [1.29, 1.82) is 0 Å². The Bertz CT molecular complexity index is 860. The second-order valence-electron chi connectivity index (χ2n) is 6.70. The van der Waals surface area contributed by atoms with E-state index in [0.29, 0.717) is 0 Å². The van der Waals surface area contributed by atoms with Gasteiger partial charge in [0.25, 0.3) is 0 Å². The zero-order valence-corrected chi connectivity index (χ0v) is 18.9. The van der Waals surface area contributed by atoms with Crippen molar-refractivity contribution in [2.24, 2.45) is 0 Å². The van der Waals surface area contributed by atoms with Gasteiger partial charge < -0.3 is 0 Å². The summed E-state index contributed by atoms with van der Waals surface area (Å²) < 4.78 is 34.0. The summed E-state index contributed by atoms with van der Waals surface area (Å²) >= 11 is 0. The molecule has 0 fully saturated rings. The number of hydrogen-bond acceptors (Lipinski definition) is 8. The number of rotatable bonds is 7. The number of pyridine rings is 3. The predicted molar refractivity (Wildman–Crippen MR) is 100 cm³/mol. The van der Waals surface area contributed by atoms with Gasteiger partial charge in [0, 0.05) is 49.3 Å². The molecule has 0 aliphatic rings. The van der Waals surface area contributed by atoms with Gasteiger partial charge in [-0.2, -0.15) is 0 Å². The van der Waals surface area contributed by atoms with Crippen LogP contribution in [0, 0.1) is 24.1 Å². The molecule has 31 heavy (non-hydrogen) atoms. The van der Waals surface area contributed by atoms with Crippen LogP contribution in [0.25, 0.3) is 0 Å². The minimum atomic E-state index is -4.94. The standard InChI is InChI=1S/C21H24N4.ClHO4.Cu/c1-17-7-5-10-20(23-17)15-25(14-12-19-9-3-4-13-22-19)16-21-11-6-8-18(2)24-21;2-1(3,4)5;/h3-11,13H,12,14-16H2,1-2H3;(H,2,3,4,5);/q;;+2/p-1. The van der Waals surface area contributed by atoms with Crippen molar-refractivity contribution in [3.05, 3.63) is 89.3 Å². The molecule has 1 radical (unpaired) electrons. The van der Waals surface area contributed by atoms with Crippen LogP contribution in [0.4, 0.5) is 0 Å². The van der Waals surface area contributed by atoms with Gasteiger partial charge in [0.2, 0.25) is 0 Å². The molecule has 0 N–H and O–H groups in total. The first-order chi connectivity index (χ1) is 14.2. The average Bonchev–Trinajstić information content (AvgIpc) is 2.66. The van der Waals surface area contributed by atoms with Gasteiger partial charge in [0.05, 0.1) is 11.4 Å². The number of aryl methyl sites for hydroxylation is 2. The predicted octanol–water partition coefficient (Wildman–Crippen LogP) is -1.03. The van der Waals surface area contributed by atoms with Crippen molar-refractivity contribution in [1.82, 2.24) is 19.9 Å². The summed E-state index contributed by atoms with van der Waals surface area (Å²) in [6.07, 6.45) is 2.77. The van der Waals surface area contributed by atoms with Gasteiger partial charge >= 0.3 is 17.1 Å². The van der Waals surface area contributed by atoms with Crippen LogP contribution in [0.3, 0.4) is 0 Å². The van der Waals surface area contributed by atoms with E-state index in [0.717, 1.165) is 54.5 Å². The molecule has 0 aliphatic carbocycles.